The number of amides is 1. The van der Waals surface area contributed by atoms with Crippen molar-refractivity contribution in [1.29, 1.82) is 0 Å². The van der Waals surface area contributed by atoms with Crippen molar-refractivity contribution in [2.45, 2.75) is 30.7 Å². The van der Waals surface area contributed by atoms with Gasteiger partial charge in [-0.05, 0) is 53.4 Å². The van der Waals surface area contributed by atoms with Crippen LogP contribution in [0.2, 0.25) is 0 Å². The summed E-state index contributed by atoms with van der Waals surface area (Å²) in [6.07, 6.45) is 1.30. The molecule has 19 heavy (non-hydrogen) atoms. The summed E-state index contributed by atoms with van der Waals surface area (Å²) >= 11 is 5.91. The maximum atomic E-state index is 11.9. The molecule has 100 valence electrons. The first-order valence-electron chi connectivity index (χ1n) is 6.22. The van der Waals surface area contributed by atoms with Crippen LogP contribution in [0.1, 0.15) is 18.1 Å². The summed E-state index contributed by atoms with van der Waals surface area (Å²) < 4.78 is 0. The molecule has 0 saturated heterocycles. The number of thiophene rings is 1. The van der Waals surface area contributed by atoms with E-state index in [4.69, 9.17) is 0 Å². The zero-order valence-electron chi connectivity index (χ0n) is 10.8. The molecule has 1 amide bonds. The average molecular weight is 291 g/mol. The first-order valence-corrected chi connectivity index (χ1v) is 7.61. The first-order chi connectivity index (χ1) is 9.13. The zero-order chi connectivity index (χ0) is 13.7. The average Bonchev–Trinajstić information content (AvgIpc) is 2.84. The van der Waals surface area contributed by atoms with Crippen molar-refractivity contribution >= 4 is 29.9 Å². The molecule has 0 spiro atoms. The Kier molecular flexibility index (Phi) is 5.05. The number of carbonyl (C=O) groups excluding carboxylic acids is 1. The van der Waals surface area contributed by atoms with E-state index in [1.54, 1.807) is 11.3 Å². The summed E-state index contributed by atoms with van der Waals surface area (Å²) in [5.41, 5.74) is 2.29. The number of rotatable bonds is 5. The predicted octanol–water partition coefficient (Wildman–Crippen LogP) is 3.33. The lowest BCUT2D eigenvalue weighted by molar-refractivity contribution is -0.121. The summed E-state index contributed by atoms with van der Waals surface area (Å²) in [6.45, 7) is 2.03. The van der Waals surface area contributed by atoms with E-state index in [2.05, 4.69) is 34.8 Å². The van der Waals surface area contributed by atoms with Gasteiger partial charge in [0.05, 0.1) is 6.42 Å². The lowest BCUT2D eigenvalue weighted by atomic mass is 10.1. The van der Waals surface area contributed by atoms with Crippen molar-refractivity contribution in [3.63, 3.8) is 0 Å². The summed E-state index contributed by atoms with van der Waals surface area (Å²) in [5.74, 6) is 0.0645. The highest BCUT2D eigenvalue weighted by molar-refractivity contribution is 7.80. The third kappa shape index (κ3) is 4.73. The molecule has 2 aromatic rings. The van der Waals surface area contributed by atoms with Gasteiger partial charge in [-0.15, -0.1) is 12.6 Å². The Morgan fingerprint density at radius 2 is 2.00 bits per heavy atom. The molecule has 4 heteroatoms. The highest BCUT2D eigenvalue weighted by atomic mass is 32.1. The molecule has 1 atom stereocenters. The van der Waals surface area contributed by atoms with Crippen molar-refractivity contribution in [3.05, 3.63) is 52.2 Å². The lowest BCUT2D eigenvalue weighted by Gasteiger charge is -2.13. The monoisotopic (exact) mass is 291 g/mol. The number of nitrogens with one attached hydrogen (secondary N) is 1. The van der Waals surface area contributed by atoms with Crippen LogP contribution in [0, 0.1) is 0 Å². The van der Waals surface area contributed by atoms with Crippen molar-refractivity contribution in [1.82, 2.24) is 5.32 Å². The van der Waals surface area contributed by atoms with Gasteiger partial charge in [0.1, 0.15) is 0 Å². The molecule has 1 aromatic carbocycles. The second-order valence-corrected chi connectivity index (χ2v) is 5.94. The minimum absolute atomic E-state index is 0.0645. The molecule has 1 aromatic heterocycles. The Morgan fingerprint density at radius 1 is 1.26 bits per heavy atom. The molecule has 0 saturated carbocycles. The largest absolute Gasteiger partial charge is 0.353 e. The van der Waals surface area contributed by atoms with Gasteiger partial charge in [0.15, 0.2) is 0 Å². The second-order valence-electron chi connectivity index (χ2n) is 4.65. The zero-order valence-corrected chi connectivity index (χ0v) is 12.5. The van der Waals surface area contributed by atoms with Crippen LogP contribution >= 0.6 is 24.0 Å². The second kappa shape index (κ2) is 6.78. The standard InChI is InChI=1S/C15H17NOS2/c1-11(8-13-6-7-19-10-13)16-15(17)9-12-2-4-14(18)5-3-12/h2-7,10-11,18H,8-9H2,1H3,(H,16,17). The van der Waals surface area contributed by atoms with Crippen LogP contribution in [0.15, 0.2) is 46.0 Å². The molecular formula is C15H17NOS2. The maximum Gasteiger partial charge on any atom is 0.224 e. The number of carbonyl (C=O) groups is 1. The third-order valence-corrected chi connectivity index (χ3v) is 3.86. The summed E-state index contributed by atoms with van der Waals surface area (Å²) in [4.78, 5) is 12.8. The minimum Gasteiger partial charge on any atom is -0.353 e. The van der Waals surface area contributed by atoms with Gasteiger partial charge in [0.2, 0.25) is 5.91 Å². The summed E-state index contributed by atoms with van der Waals surface area (Å²) in [6, 6.07) is 9.93. The number of benzene rings is 1. The van der Waals surface area contributed by atoms with E-state index in [9.17, 15) is 4.79 Å². The van der Waals surface area contributed by atoms with Crippen LogP contribution in [0.25, 0.3) is 0 Å². The van der Waals surface area contributed by atoms with Gasteiger partial charge in [-0.25, -0.2) is 0 Å². The van der Waals surface area contributed by atoms with Crippen LogP contribution in [-0.4, -0.2) is 11.9 Å². The number of hydrogen-bond acceptors (Lipinski definition) is 3. The van der Waals surface area contributed by atoms with Gasteiger partial charge in [-0.2, -0.15) is 11.3 Å². The van der Waals surface area contributed by atoms with Gasteiger partial charge in [-0.1, -0.05) is 12.1 Å². The van der Waals surface area contributed by atoms with Crippen LogP contribution < -0.4 is 5.32 Å². The molecule has 0 radical (unpaired) electrons. The predicted molar refractivity (Wildman–Crippen MR) is 83.0 cm³/mol. The maximum absolute atomic E-state index is 11.9. The SMILES string of the molecule is CC(Cc1ccsc1)NC(=O)Cc1ccc(S)cc1. The normalized spacial score (nSPS) is 12.1. The van der Waals surface area contributed by atoms with Crippen LogP contribution in [0.4, 0.5) is 0 Å². The first kappa shape index (κ1) is 14.2. The van der Waals surface area contributed by atoms with Crippen molar-refractivity contribution in [3.8, 4) is 0 Å². The van der Waals surface area contributed by atoms with Gasteiger partial charge in [0, 0.05) is 10.9 Å². The highest BCUT2D eigenvalue weighted by Gasteiger charge is 2.09. The molecular weight excluding hydrogens is 274 g/mol. The molecule has 0 fully saturated rings. The van der Waals surface area contributed by atoms with Gasteiger partial charge >= 0.3 is 0 Å². The fraction of sp³-hybridized carbons (Fsp3) is 0.267. The molecule has 1 N–H and O–H groups in total. The van der Waals surface area contributed by atoms with E-state index >= 15 is 0 Å². The van der Waals surface area contributed by atoms with Crippen molar-refractivity contribution < 1.29 is 4.79 Å². The molecule has 2 nitrogen and oxygen atoms in total. The van der Waals surface area contributed by atoms with Gasteiger partial charge < -0.3 is 5.32 Å². The van der Waals surface area contributed by atoms with Crippen molar-refractivity contribution in [2.24, 2.45) is 0 Å². The van der Waals surface area contributed by atoms with Crippen LogP contribution in [0.3, 0.4) is 0 Å². The Labute approximate surface area is 123 Å². The van der Waals surface area contributed by atoms with E-state index in [1.807, 2.05) is 31.2 Å². The number of thiol groups is 1. The van der Waals surface area contributed by atoms with E-state index in [0.717, 1.165) is 16.9 Å². The van der Waals surface area contributed by atoms with Gasteiger partial charge in [-0.3, -0.25) is 4.79 Å². The van der Waals surface area contributed by atoms with Gasteiger partial charge in [0.25, 0.3) is 0 Å². The molecule has 2 rings (SSSR count). The van der Waals surface area contributed by atoms with E-state index in [0.29, 0.717) is 6.42 Å². The quantitative estimate of drug-likeness (QED) is 0.813. The van der Waals surface area contributed by atoms with Crippen LogP contribution in [-0.2, 0) is 17.6 Å². The Balaban J connectivity index is 1.82. The molecule has 0 aliphatic rings. The highest BCUT2D eigenvalue weighted by Crippen LogP contribution is 2.10. The van der Waals surface area contributed by atoms with Crippen molar-refractivity contribution in [2.75, 3.05) is 0 Å². The molecule has 0 aliphatic carbocycles. The Morgan fingerprint density at radius 3 is 2.63 bits per heavy atom. The van der Waals surface area contributed by atoms with E-state index in [1.165, 1.54) is 5.56 Å². The minimum atomic E-state index is 0.0645. The molecule has 1 unspecified atom stereocenters. The smallest absolute Gasteiger partial charge is 0.224 e. The molecule has 1 heterocycles. The fourth-order valence-electron chi connectivity index (χ4n) is 1.94. The fourth-order valence-corrected chi connectivity index (χ4v) is 2.77. The van der Waals surface area contributed by atoms with E-state index < -0.39 is 0 Å². The summed E-state index contributed by atoms with van der Waals surface area (Å²) in [7, 11) is 0. The summed E-state index contributed by atoms with van der Waals surface area (Å²) in [5, 5.41) is 7.21. The number of hydrogen-bond donors (Lipinski definition) is 2. The molecule has 0 bridgehead atoms. The third-order valence-electron chi connectivity index (χ3n) is 2.83. The van der Waals surface area contributed by atoms with Crippen LogP contribution in [0.5, 0.6) is 0 Å². The van der Waals surface area contributed by atoms with E-state index in [-0.39, 0.29) is 11.9 Å². The topological polar surface area (TPSA) is 29.1 Å². The lowest BCUT2D eigenvalue weighted by Crippen LogP contribution is -2.35. The Bertz CT molecular complexity index is 520. The molecule has 0 aliphatic heterocycles. The Hall–Kier alpha value is -1.26.